The van der Waals surface area contributed by atoms with Crippen molar-refractivity contribution in [3.63, 3.8) is 0 Å². The molecule has 0 radical (unpaired) electrons. The van der Waals surface area contributed by atoms with E-state index >= 15 is 0 Å². The highest BCUT2D eigenvalue weighted by atomic mass is 32.2. The van der Waals surface area contributed by atoms with Crippen LogP contribution in [-0.2, 0) is 4.79 Å². The first kappa shape index (κ1) is 15.7. The molecule has 1 aliphatic carbocycles. The highest BCUT2D eigenvalue weighted by Gasteiger charge is 2.32. The van der Waals surface area contributed by atoms with Crippen molar-refractivity contribution in [2.45, 2.75) is 63.7 Å². The van der Waals surface area contributed by atoms with Gasteiger partial charge in [-0.05, 0) is 18.8 Å². The standard InChI is InChI=1S/C16H25N3O2S/c1-10(2)14-13-15(17-12(20)9-22-14)19(18-16(13)21)11-7-5-3-4-6-8-11/h10-11,14H,3-9H2,1-2H3,(H,17,20)(H,18,21). The van der Waals surface area contributed by atoms with E-state index in [1.807, 2.05) is 4.68 Å². The average molecular weight is 323 g/mol. The molecule has 1 atom stereocenters. The van der Waals surface area contributed by atoms with Gasteiger partial charge in [-0.1, -0.05) is 39.5 Å². The number of nitrogens with zero attached hydrogens (tertiary/aromatic N) is 1. The van der Waals surface area contributed by atoms with Crippen molar-refractivity contribution < 1.29 is 4.79 Å². The van der Waals surface area contributed by atoms with Gasteiger partial charge in [0.2, 0.25) is 5.91 Å². The van der Waals surface area contributed by atoms with Crippen LogP contribution in [0.1, 0.15) is 69.2 Å². The Morgan fingerprint density at radius 1 is 1.14 bits per heavy atom. The number of rotatable bonds is 2. The monoisotopic (exact) mass is 323 g/mol. The molecular weight excluding hydrogens is 298 g/mol. The van der Waals surface area contributed by atoms with Crippen LogP contribution in [-0.4, -0.2) is 21.4 Å². The number of H-pyrrole nitrogens is 1. The molecule has 1 saturated carbocycles. The van der Waals surface area contributed by atoms with E-state index in [1.54, 1.807) is 11.8 Å². The minimum atomic E-state index is -0.0346. The van der Waals surface area contributed by atoms with Gasteiger partial charge in [0, 0.05) is 5.25 Å². The van der Waals surface area contributed by atoms with Crippen molar-refractivity contribution >= 4 is 23.5 Å². The second kappa shape index (κ2) is 6.52. The Morgan fingerprint density at radius 3 is 2.45 bits per heavy atom. The van der Waals surface area contributed by atoms with Crippen LogP contribution >= 0.6 is 11.8 Å². The fraction of sp³-hybridized carbons (Fsp3) is 0.750. The molecule has 1 aromatic rings. The summed E-state index contributed by atoms with van der Waals surface area (Å²) in [6, 6.07) is 0.301. The lowest BCUT2D eigenvalue weighted by atomic mass is 10.0. The number of hydrogen-bond donors (Lipinski definition) is 2. The van der Waals surface area contributed by atoms with Crippen molar-refractivity contribution in [2.24, 2.45) is 5.92 Å². The third-order valence-corrected chi connectivity index (χ3v) is 6.26. The molecular formula is C16H25N3O2S. The third-order valence-electron chi connectivity index (χ3n) is 4.69. The lowest BCUT2D eigenvalue weighted by Gasteiger charge is -2.20. The summed E-state index contributed by atoms with van der Waals surface area (Å²) in [6.07, 6.45) is 7.06. The summed E-state index contributed by atoms with van der Waals surface area (Å²) in [5.74, 6) is 1.46. The summed E-state index contributed by atoms with van der Waals surface area (Å²) in [5, 5.41) is 6.08. The molecule has 3 rings (SSSR count). The lowest BCUT2D eigenvalue weighted by Crippen LogP contribution is -2.19. The molecule has 6 heteroatoms. The number of thioether (sulfide) groups is 1. The summed E-state index contributed by atoms with van der Waals surface area (Å²) in [6.45, 7) is 4.22. The number of carbonyl (C=O) groups is 1. The Balaban J connectivity index is 2.04. The average Bonchev–Trinajstić information content (AvgIpc) is 2.70. The van der Waals surface area contributed by atoms with Crippen molar-refractivity contribution in [2.75, 3.05) is 11.1 Å². The van der Waals surface area contributed by atoms with Gasteiger partial charge in [-0.15, -0.1) is 11.8 Å². The van der Waals surface area contributed by atoms with E-state index in [-0.39, 0.29) is 16.7 Å². The topological polar surface area (TPSA) is 66.9 Å². The predicted octanol–water partition coefficient (Wildman–Crippen LogP) is 3.45. The molecule has 122 valence electrons. The zero-order valence-electron chi connectivity index (χ0n) is 13.4. The molecule has 0 saturated heterocycles. The van der Waals surface area contributed by atoms with E-state index in [0.717, 1.165) is 24.2 Å². The fourth-order valence-electron chi connectivity index (χ4n) is 3.59. The first-order valence-corrected chi connectivity index (χ1v) is 9.38. The van der Waals surface area contributed by atoms with Gasteiger partial charge in [0.1, 0.15) is 5.82 Å². The first-order chi connectivity index (χ1) is 10.6. The van der Waals surface area contributed by atoms with Gasteiger partial charge >= 0.3 is 0 Å². The molecule has 1 aromatic heterocycles. The van der Waals surface area contributed by atoms with Crippen LogP contribution in [0, 0.1) is 5.92 Å². The molecule has 1 aliphatic heterocycles. The van der Waals surface area contributed by atoms with Crippen molar-refractivity contribution in [1.29, 1.82) is 0 Å². The second-order valence-corrected chi connectivity index (χ2v) is 7.87. The molecule has 0 aromatic carbocycles. The van der Waals surface area contributed by atoms with Gasteiger partial charge < -0.3 is 5.32 Å². The van der Waals surface area contributed by atoms with Crippen LogP contribution in [0.2, 0.25) is 0 Å². The van der Waals surface area contributed by atoms with Gasteiger partial charge in [0.25, 0.3) is 5.56 Å². The highest BCUT2D eigenvalue weighted by Crippen LogP contribution is 2.41. The van der Waals surface area contributed by atoms with Gasteiger partial charge in [-0.3, -0.25) is 19.4 Å². The predicted molar refractivity (Wildman–Crippen MR) is 90.5 cm³/mol. The van der Waals surface area contributed by atoms with Crippen LogP contribution in [0.5, 0.6) is 0 Å². The Labute approximate surface area is 135 Å². The third kappa shape index (κ3) is 2.98. The van der Waals surface area contributed by atoms with E-state index in [0.29, 0.717) is 17.7 Å². The number of carbonyl (C=O) groups excluding carboxylic acids is 1. The second-order valence-electron chi connectivity index (χ2n) is 6.74. The number of anilines is 1. The molecule has 2 heterocycles. The maximum absolute atomic E-state index is 12.5. The summed E-state index contributed by atoms with van der Waals surface area (Å²) in [5.41, 5.74) is 0.725. The number of aromatic amines is 1. The fourth-order valence-corrected chi connectivity index (χ4v) is 4.76. The van der Waals surface area contributed by atoms with Crippen LogP contribution in [0.4, 0.5) is 5.82 Å². The zero-order valence-corrected chi connectivity index (χ0v) is 14.2. The Bertz CT molecular complexity index is 597. The smallest absolute Gasteiger partial charge is 0.270 e. The Morgan fingerprint density at radius 2 is 1.82 bits per heavy atom. The highest BCUT2D eigenvalue weighted by molar-refractivity contribution is 8.00. The van der Waals surface area contributed by atoms with Gasteiger partial charge in [-0.2, -0.15) is 0 Å². The maximum Gasteiger partial charge on any atom is 0.270 e. The maximum atomic E-state index is 12.5. The normalized spacial score (nSPS) is 23.8. The summed E-state index contributed by atoms with van der Waals surface area (Å²) in [4.78, 5) is 24.6. The van der Waals surface area contributed by atoms with E-state index in [1.165, 1.54) is 25.7 Å². The van der Waals surface area contributed by atoms with Gasteiger partial charge in [0.15, 0.2) is 0 Å². The molecule has 2 aliphatic rings. The van der Waals surface area contributed by atoms with Crippen LogP contribution in [0.25, 0.3) is 0 Å². The van der Waals surface area contributed by atoms with Crippen LogP contribution in [0.15, 0.2) is 4.79 Å². The first-order valence-electron chi connectivity index (χ1n) is 8.33. The molecule has 22 heavy (non-hydrogen) atoms. The summed E-state index contributed by atoms with van der Waals surface area (Å²) in [7, 11) is 0. The minimum absolute atomic E-state index is 0.00391. The zero-order chi connectivity index (χ0) is 15.7. The van der Waals surface area contributed by atoms with E-state index in [4.69, 9.17) is 0 Å². The van der Waals surface area contributed by atoms with Crippen LogP contribution < -0.4 is 10.9 Å². The van der Waals surface area contributed by atoms with Gasteiger partial charge in [0.05, 0.1) is 17.4 Å². The molecule has 5 nitrogen and oxygen atoms in total. The Kier molecular flexibility index (Phi) is 4.66. The van der Waals surface area contributed by atoms with E-state index in [2.05, 4.69) is 24.3 Å². The Hall–Kier alpha value is -1.17. The molecule has 1 unspecified atom stereocenters. The van der Waals surface area contributed by atoms with E-state index in [9.17, 15) is 9.59 Å². The van der Waals surface area contributed by atoms with Crippen molar-refractivity contribution in [3.8, 4) is 0 Å². The summed E-state index contributed by atoms with van der Waals surface area (Å²) >= 11 is 1.58. The number of fused-ring (bicyclic) bond motifs is 1. The number of amides is 1. The molecule has 1 fully saturated rings. The largest absolute Gasteiger partial charge is 0.310 e. The molecule has 0 spiro atoms. The van der Waals surface area contributed by atoms with E-state index < -0.39 is 0 Å². The molecule has 0 bridgehead atoms. The minimum Gasteiger partial charge on any atom is -0.310 e. The van der Waals surface area contributed by atoms with Crippen molar-refractivity contribution in [1.82, 2.24) is 9.78 Å². The molecule has 2 N–H and O–H groups in total. The molecule has 1 amide bonds. The number of hydrogen-bond acceptors (Lipinski definition) is 3. The van der Waals surface area contributed by atoms with Crippen LogP contribution in [0.3, 0.4) is 0 Å². The summed E-state index contributed by atoms with van der Waals surface area (Å²) < 4.78 is 1.96. The lowest BCUT2D eigenvalue weighted by molar-refractivity contribution is -0.113. The van der Waals surface area contributed by atoms with Gasteiger partial charge in [-0.25, -0.2) is 0 Å². The number of aromatic nitrogens is 2. The SMILES string of the molecule is CC(C)C1SCC(=O)Nc2c1c(=O)[nH]n2C1CCCCCC1. The van der Waals surface area contributed by atoms with Crippen molar-refractivity contribution in [3.05, 3.63) is 15.9 Å². The quantitative estimate of drug-likeness (QED) is 0.819. The number of nitrogens with one attached hydrogen (secondary N) is 2.